The van der Waals surface area contributed by atoms with Crippen molar-refractivity contribution in [2.24, 2.45) is 5.14 Å². The lowest BCUT2D eigenvalue weighted by atomic mass is 10.2. The number of sulfonamides is 1. The SMILES string of the molecule is CC(C)c1nc(COc2ccc(F)cc2S(N)(=O)=O)no1. The largest absolute Gasteiger partial charge is 0.484 e. The van der Waals surface area contributed by atoms with E-state index in [2.05, 4.69) is 10.1 Å². The molecule has 0 saturated heterocycles. The van der Waals surface area contributed by atoms with Crippen LogP contribution >= 0.6 is 0 Å². The molecule has 2 aromatic rings. The summed E-state index contributed by atoms with van der Waals surface area (Å²) in [4.78, 5) is 3.64. The Morgan fingerprint density at radius 2 is 2.14 bits per heavy atom. The summed E-state index contributed by atoms with van der Waals surface area (Å²) < 4.78 is 46.2. The molecule has 0 atom stereocenters. The predicted molar refractivity (Wildman–Crippen MR) is 70.5 cm³/mol. The van der Waals surface area contributed by atoms with Crippen LogP contribution in [0.4, 0.5) is 4.39 Å². The molecule has 1 aromatic heterocycles. The quantitative estimate of drug-likeness (QED) is 0.897. The van der Waals surface area contributed by atoms with Crippen molar-refractivity contribution in [3.05, 3.63) is 35.7 Å². The molecule has 0 fully saturated rings. The van der Waals surface area contributed by atoms with Crippen molar-refractivity contribution in [1.82, 2.24) is 10.1 Å². The van der Waals surface area contributed by atoms with Gasteiger partial charge in [0.15, 0.2) is 6.61 Å². The van der Waals surface area contributed by atoms with Crippen molar-refractivity contribution in [3.63, 3.8) is 0 Å². The molecule has 0 spiro atoms. The van der Waals surface area contributed by atoms with E-state index in [1.54, 1.807) is 0 Å². The summed E-state index contributed by atoms with van der Waals surface area (Å²) in [6.07, 6.45) is 0. The van der Waals surface area contributed by atoms with Crippen molar-refractivity contribution < 1.29 is 22.1 Å². The molecule has 1 aromatic carbocycles. The molecule has 21 heavy (non-hydrogen) atoms. The standard InChI is InChI=1S/C12H14FN3O4S/c1-7(2)12-15-11(16-20-12)6-19-9-4-3-8(13)5-10(9)21(14,17)18/h3-5,7H,6H2,1-2H3,(H2,14,17,18). The van der Waals surface area contributed by atoms with Gasteiger partial charge in [-0.3, -0.25) is 0 Å². The number of hydrogen-bond acceptors (Lipinski definition) is 6. The van der Waals surface area contributed by atoms with Gasteiger partial charge in [-0.1, -0.05) is 19.0 Å². The van der Waals surface area contributed by atoms with Crippen LogP contribution in [0.25, 0.3) is 0 Å². The molecule has 0 aliphatic heterocycles. The lowest BCUT2D eigenvalue weighted by molar-refractivity contribution is 0.277. The zero-order valence-corrected chi connectivity index (χ0v) is 12.2. The van der Waals surface area contributed by atoms with Crippen molar-refractivity contribution in [3.8, 4) is 5.75 Å². The van der Waals surface area contributed by atoms with Crippen LogP contribution in [0.3, 0.4) is 0 Å². The van der Waals surface area contributed by atoms with Crippen molar-refractivity contribution in [2.75, 3.05) is 0 Å². The fourth-order valence-electron chi connectivity index (χ4n) is 1.53. The lowest BCUT2D eigenvalue weighted by Gasteiger charge is -2.08. The van der Waals surface area contributed by atoms with Gasteiger partial charge in [0, 0.05) is 5.92 Å². The van der Waals surface area contributed by atoms with E-state index in [-0.39, 0.29) is 24.1 Å². The van der Waals surface area contributed by atoms with E-state index in [1.165, 1.54) is 6.07 Å². The molecular weight excluding hydrogens is 301 g/mol. The predicted octanol–water partition coefficient (Wildman–Crippen LogP) is 1.56. The highest BCUT2D eigenvalue weighted by Gasteiger charge is 2.17. The van der Waals surface area contributed by atoms with Crippen LogP contribution in [0.15, 0.2) is 27.6 Å². The Morgan fingerprint density at radius 1 is 1.43 bits per heavy atom. The number of nitrogens with two attached hydrogens (primary N) is 1. The van der Waals surface area contributed by atoms with Crippen LogP contribution in [0.2, 0.25) is 0 Å². The van der Waals surface area contributed by atoms with Gasteiger partial charge in [-0.2, -0.15) is 4.98 Å². The summed E-state index contributed by atoms with van der Waals surface area (Å²) in [5.41, 5.74) is 0. The lowest BCUT2D eigenvalue weighted by Crippen LogP contribution is -2.14. The summed E-state index contributed by atoms with van der Waals surface area (Å²) >= 11 is 0. The minimum Gasteiger partial charge on any atom is -0.484 e. The van der Waals surface area contributed by atoms with Crippen LogP contribution in [0, 0.1) is 5.82 Å². The fourth-order valence-corrected chi connectivity index (χ4v) is 2.21. The van der Waals surface area contributed by atoms with E-state index in [1.807, 2.05) is 13.8 Å². The van der Waals surface area contributed by atoms with Crippen LogP contribution < -0.4 is 9.88 Å². The summed E-state index contributed by atoms with van der Waals surface area (Å²) in [5, 5.41) is 8.71. The molecule has 1 heterocycles. The van der Waals surface area contributed by atoms with E-state index in [0.29, 0.717) is 5.89 Å². The van der Waals surface area contributed by atoms with E-state index < -0.39 is 20.7 Å². The highest BCUT2D eigenvalue weighted by Crippen LogP contribution is 2.24. The molecule has 0 radical (unpaired) electrons. The number of rotatable bonds is 5. The van der Waals surface area contributed by atoms with Gasteiger partial charge >= 0.3 is 0 Å². The molecule has 7 nitrogen and oxygen atoms in total. The number of primary sulfonamides is 1. The zero-order chi connectivity index (χ0) is 15.6. The topological polar surface area (TPSA) is 108 Å². The molecule has 0 amide bonds. The van der Waals surface area contributed by atoms with Gasteiger partial charge in [0.1, 0.15) is 16.5 Å². The molecule has 0 aliphatic carbocycles. The minimum absolute atomic E-state index is 0.0667. The number of hydrogen-bond donors (Lipinski definition) is 1. The Bertz CT molecular complexity index is 743. The highest BCUT2D eigenvalue weighted by molar-refractivity contribution is 7.89. The van der Waals surface area contributed by atoms with Crippen LogP contribution in [-0.2, 0) is 16.6 Å². The molecule has 2 N–H and O–H groups in total. The van der Waals surface area contributed by atoms with Gasteiger partial charge in [0.2, 0.25) is 21.7 Å². The second kappa shape index (κ2) is 5.78. The Morgan fingerprint density at radius 3 is 2.71 bits per heavy atom. The van der Waals surface area contributed by atoms with E-state index in [9.17, 15) is 12.8 Å². The van der Waals surface area contributed by atoms with Crippen molar-refractivity contribution in [1.29, 1.82) is 0 Å². The molecule has 0 unspecified atom stereocenters. The van der Waals surface area contributed by atoms with Crippen molar-refractivity contribution >= 4 is 10.0 Å². The normalized spacial score (nSPS) is 11.9. The van der Waals surface area contributed by atoms with E-state index >= 15 is 0 Å². The van der Waals surface area contributed by atoms with E-state index in [4.69, 9.17) is 14.4 Å². The van der Waals surface area contributed by atoms with Crippen molar-refractivity contribution in [2.45, 2.75) is 31.3 Å². The van der Waals surface area contributed by atoms with Crippen LogP contribution in [0.5, 0.6) is 5.75 Å². The van der Waals surface area contributed by atoms with Crippen LogP contribution in [-0.4, -0.2) is 18.6 Å². The van der Waals surface area contributed by atoms with Gasteiger partial charge in [0.05, 0.1) is 0 Å². The third-order valence-electron chi connectivity index (χ3n) is 2.55. The third-order valence-corrected chi connectivity index (χ3v) is 3.48. The summed E-state index contributed by atoms with van der Waals surface area (Å²) in [6.45, 7) is 3.65. The first-order chi connectivity index (χ1) is 9.77. The first kappa shape index (κ1) is 15.4. The number of ether oxygens (including phenoxy) is 1. The molecular formula is C12H14FN3O4S. The van der Waals surface area contributed by atoms with Gasteiger partial charge in [0.25, 0.3) is 0 Å². The first-order valence-electron chi connectivity index (χ1n) is 6.05. The maximum Gasteiger partial charge on any atom is 0.241 e. The second-order valence-corrected chi connectivity index (χ2v) is 6.16. The molecule has 0 bridgehead atoms. The Hall–Kier alpha value is -2.00. The number of nitrogens with zero attached hydrogens (tertiary/aromatic N) is 2. The Labute approximate surface area is 121 Å². The first-order valence-corrected chi connectivity index (χ1v) is 7.59. The molecule has 0 saturated carbocycles. The van der Waals surface area contributed by atoms with E-state index in [0.717, 1.165) is 12.1 Å². The maximum atomic E-state index is 13.1. The second-order valence-electron chi connectivity index (χ2n) is 4.63. The molecule has 9 heteroatoms. The van der Waals surface area contributed by atoms with Gasteiger partial charge < -0.3 is 9.26 Å². The average molecular weight is 315 g/mol. The smallest absolute Gasteiger partial charge is 0.241 e. The summed E-state index contributed by atoms with van der Waals surface area (Å²) in [6, 6.07) is 3.04. The number of halogens is 1. The van der Waals surface area contributed by atoms with Gasteiger partial charge in [-0.05, 0) is 18.2 Å². The maximum absolute atomic E-state index is 13.1. The van der Waals surface area contributed by atoms with Crippen LogP contribution in [0.1, 0.15) is 31.5 Å². The molecule has 114 valence electrons. The zero-order valence-electron chi connectivity index (χ0n) is 11.4. The Balaban J connectivity index is 2.20. The van der Waals surface area contributed by atoms with Gasteiger partial charge in [-0.25, -0.2) is 17.9 Å². The molecule has 0 aliphatic rings. The molecule has 2 rings (SSSR count). The fraction of sp³-hybridized carbons (Fsp3) is 0.333. The summed E-state index contributed by atoms with van der Waals surface area (Å²) in [5.74, 6) is -0.0392. The highest BCUT2D eigenvalue weighted by atomic mass is 32.2. The summed E-state index contributed by atoms with van der Waals surface area (Å²) in [7, 11) is -4.10. The average Bonchev–Trinajstić information content (AvgIpc) is 2.85. The van der Waals surface area contributed by atoms with Gasteiger partial charge in [-0.15, -0.1) is 0 Å². The minimum atomic E-state index is -4.10. The number of benzene rings is 1. The monoisotopic (exact) mass is 315 g/mol. The number of aromatic nitrogens is 2. The Kier molecular flexibility index (Phi) is 4.24. The third kappa shape index (κ3) is 3.76.